The molecule has 0 aliphatic carbocycles. The summed E-state index contributed by atoms with van der Waals surface area (Å²) in [6, 6.07) is 5.67. The summed E-state index contributed by atoms with van der Waals surface area (Å²) in [5, 5.41) is 11.4. The summed E-state index contributed by atoms with van der Waals surface area (Å²) in [5.41, 5.74) is 6.87. The predicted molar refractivity (Wildman–Crippen MR) is 113 cm³/mol. The van der Waals surface area contributed by atoms with E-state index in [1.165, 1.54) is 0 Å². The Hall–Kier alpha value is -0.900. The van der Waals surface area contributed by atoms with Crippen molar-refractivity contribution in [1.82, 2.24) is 15.2 Å². The fraction of sp³-hybridized carbons (Fsp3) is 0.467. The lowest BCUT2D eigenvalue weighted by molar-refractivity contribution is 0.122. The number of nitrogens with two attached hydrogens (primary N) is 1. The molecule has 26 heavy (non-hydrogen) atoms. The lowest BCUT2D eigenvalue weighted by Crippen LogP contribution is -2.37. The van der Waals surface area contributed by atoms with Gasteiger partial charge in [0.2, 0.25) is 5.95 Å². The van der Waals surface area contributed by atoms with Crippen LogP contribution in [-0.4, -0.2) is 54.3 Å². The summed E-state index contributed by atoms with van der Waals surface area (Å²) in [6.07, 6.45) is 2.00. The van der Waals surface area contributed by atoms with Crippen molar-refractivity contribution in [3.8, 4) is 0 Å². The highest BCUT2D eigenvalue weighted by Gasteiger charge is 2.19. The van der Waals surface area contributed by atoms with Crippen molar-refractivity contribution in [3.63, 3.8) is 0 Å². The number of rotatable bonds is 6. The van der Waals surface area contributed by atoms with E-state index in [1.807, 2.05) is 24.5 Å². The molecule has 146 valence electrons. The number of nitrogens with zero attached hydrogens (tertiary/aromatic N) is 3. The number of aromatic nitrogens is 3. The van der Waals surface area contributed by atoms with Crippen LogP contribution in [-0.2, 0) is 4.74 Å². The van der Waals surface area contributed by atoms with Crippen LogP contribution in [0.2, 0.25) is 5.02 Å². The Bertz CT molecular complexity index is 683. The lowest BCUT2D eigenvalue weighted by atomic mass is 10.2. The van der Waals surface area contributed by atoms with Crippen molar-refractivity contribution < 1.29 is 4.74 Å². The number of H-pyrrole nitrogens is 1. The maximum absolute atomic E-state index is 6.16. The SMILES string of the molecule is CSc1cc(NC(CN)c2nc(N3CCOCC3)n[nH]2)ccc1Cl.Cl.Cl. The Morgan fingerprint density at radius 1 is 1.38 bits per heavy atom. The Morgan fingerprint density at radius 2 is 2.12 bits per heavy atom. The minimum Gasteiger partial charge on any atom is -0.378 e. The van der Waals surface area contributed by atoms with Gasteiger partial charge < -0.3 is 20.7 Å². The van der Waals surface area contributed by atoms with Gasteiger partial charge in [-0.3, -0.25) is 5.10 Å². The molecule has 4 N–H and O–H groups in total. The molecule has 11 heteroatoms. The number of ether oxygens (including phenoxy) is 1. The third-order valence-corrected chi connectivity index (χ3v) is 5.06. The van der Waals surface area contributed by atoms with E-state index in [1.54, 1.807) is 11.8 Å². The molecule has 2 heterocycles. The Kier molecular flexibility index (Phi) is 9.84. The molecular weight excluding hydrogens is 419 g/mol. The average Bonchev–Trinajstić information content (AvgIpc) is 3.11. The average molecular weight is 442 g/mol. The summed E-state index contributed by atoms with van der Waals surface area (Å²) in [4.78, 5) is 7.71. The van der Waals surface area contributed by atoms with Crippen molar-refractivity contribution >= 4 is 59.8 Å². The first-order valence-corrected chi connectivity index (χ1v) is 9.36. The number of hydrogen-bond acceptors (Lipinski definition) is 7. The van der Waals surface area contributed by atoms with Crippen LogP contribution in [0.5, 0.6) is 0 Å². The highest BCUT2D eigenvalue weighted by molar-refractivity contribution is 7.98. The van der Waals surface area contributed by atoms with Gasteiger partial charge in [0.25, 0.3) is 0 Å². The number of anilines is 2. The molecule has 0 radical (unpaired) electrons. The number of thioether (sulfide) groups is 1. The van der Waals surface area contributed by atoms with Crippen molar-refractivity contribution in [1.29, 1.82) is 0 Å². The van der Waals surface area contributed by atoms with E-state index >= 15 is 0 Å². The van der Waals surface area contributed by atoms with Gasteiger partial charge in [-0.25, -0.2) is 0 Å². The van der Waals surface area contributed by atoms with Gasteiger partial charge in [0.15, 0.2) is 0 Å². The normalized spacial score (nSPS) is 15.0. The molecule has 1 atom stereocenters. The van der Waals surface area contributed by atoms with Gasteiger partial charge in [-0.2, -0.15) is 4.98 Å². The molecule has 2 aromatic rings. The molecule has 0 bridgehead atoms. The molecule has 1 aliphatic rings. The van der Waals surface area contributed by atoms with Crippen LogP contribution < -0.4 is 16.0 Å². The fourth-order valence-electron chi connectivity index (χ4n) is 2.52. The maximum Gasteiger partial charge on any atom is 0.244 e. The van der Waals surface area contributed by atoms with Crippen LogP contribution in [0.1, 0.15) is 11.9 Å². The van der Waals surface area contributed by atoms with Gasteiger partial charge in [-0.05, 0) is 24.5 Å². The van der Waals surface area contributed by atoms with Crippen molar-refractivity contribution in [2.45, 2.75) is 10.9 Å². The van der Waals surface area contributed by atoms with Crippen LogP contribution in [0.4, 0.5) is 11.6 Å². The summed E-state index contributed by atoms with van der Waals surface area (Å²) in [6.45, 7) is 3.39. The minimum absolute atomic E-state index is 0. The summed E-state index contributed by atoms with van der Waals surface area (Å²) >= 11 is 7.76. The first-order chi connectivity index (χ1) is 11.7. The highest BCUT2D eigenvalue weighted by atomic mass is 35.5. The summed E-state index contributed by atoms with van der Waals surface area (Å²) < 4.78 is 5.35. The minimum atomic E-state index is -0.150. The fourth-order valence-corrected chi connectivity index (χ4v) is 3.37. The van der Waals surface area contributed by atoms with Crippen LogP contribution in [0.15, 0.2) is 23.1 Å². The van der Waals surface area contributed by atoms with Gasteiger partial charge in [-0.15, -0.1) is 41.7 Å². The number of benzene rings is 1. The van der Waals surface area contributed by atoms with Crippen LogP contribution >= 0.6 is 48.2 Å². The molecule has 0 spiro atoms. The zero-order valence-corrected chi connectivity index (χ0v) is 17.5. The van der Waals surface area contributed by atoms with E-state index in [0.29, 0.717) is 25.7 Å². The zero-order valence-electron chi connectivity index (χ0n) is 14.3. The van der Waals surface area contributed by atoms with Crippen molar-refractivity contribution in [2.75, 3.05) is 49.3 Å². The van der Waals surface area contributed by atoms with Crippen LogP contribution in [0, 0.1) is 0 Å². The molecule has 0 amide bonds. The molecule has 1 aromatic heterocycles. The largest absolute Gasteiger partial charge is 0.378 e. The highest BCUT2D eigenvalue weighted by Crippen LogP contribution is 2.29. The topological polar surface area (TPSA) is 92.1 Å². The van der Waals surface area contributed by atoms with Gasteiger partial charge in [-0.1, -0.05) is 11.6 Å². The second-order valence-electron chi connectivity index (χ2n) is 5.40. The number of halogens is 3. The number of aromatic amines is 1. The Morgan fingerprint density at radius 3 is 2.77 bits per heavy atom. The number of nitrogens with one attached hydrogen (secondary N) is 2. The van der Waals surface area contributed by atoms with Crippen LogP contribution in [0.25, 0.3) is 0 Å². The van der Waals surface area contributed by atoms with Gasteiger partial charge in [0.1, 0.15) is 5.82 Å². The predicted octanol–water partition coefficient (Wildman–Crippen LogP) is 2.97. The smallest absolute Gasteiger partial charge is 0.244 e. The maximum atomic E-state index is 6.16. The van der Waals surface area contributed by atoms with E-state index in [-0.39, 0.29) is 30.9 Å². The van der Waals surface area contributed by atoms with Gasteiger partial charge in [0.05, 0.1) is 24.3 Å². The molecule has 0 saturated carbocycles. The molecule has 1 fully saturated rings. The van der Waals surface area contributed by atoms with E-state index < -0.39 is 0 Å². The number of hydrogen-bond donors (Lipinski definition) is 3. The summed E-state index contributed by atoms with van der Waals surface area (Å²) in [5.74, 6) is 1.41. The molecule has 3 rings (SSSR count). The molecular formula is C15H23Cl3N6OS. The quantitative estimate of drug-likeness (QED) is 0.593. The van der Waals surface area contributed by atoms with Crippen LogP contribution in [0.3, 0.4) is 0 Å². The first-order valence-electron chi connectivity index (χ1n) is 7.76. The first kappa shape index (κ1) is 23.1. The Labute approximate surface area is 174 Å². The second-order valence-corrected chi connectivity index (χ2v) is 6.66. The Balaban J connectivity index is 0.00000169. The van der Waals surface area contributed by atoms with E-state index in [0.717, 1.165) is 34.5 Å². The third kappa shape index (κ3) is 5.55. The molecule has 1 saturated heterocycles. The molecule has 1 unspecified atom stereocenters. The third-order valence-electron chi connectivity index (χ3n) is 3.84. The molecule has 1 aliphatic heterocycles. The van der Waals surface area contributed by atoms with Crippen molar-refractivity contribution in [3.05, 3.63) is 29.0 Å². The van der Waals surface area contributed by atoms with E-state index in [9.17, 15) is 0 Å². The second kappa shape index (κ2) is 11.1. The summed E-state index contributed by atoms with van der Waals surface area (Å²) in [7, 11) is 0. The number of morpholine rings is 1. The zero-order chi connectivity index (χ0) is 16.9. The monoisotopic (exact) mass is 440 g/mol. The van der Waals surface area contributed by atoms with E-state index in [2.05, 4.69) is 25.4 Å². The van der Waals surface area contributed by atoms with Gasteiger partial charge >= 0.3 is 0 Å². The lowest BCUT2D eigenvalue weighted by Gasteiger charge is -2.25. The molecule has 7 nitrogen and oxygen atoms in total. The standard InChI is InChI=1S/C15H21ClN6OS.2ClH/c1-24-13-8-10(2-3-11(13)16)18-12(9-17)14-19-15(21-20-14)22-4-6-23-7-5-22;;/h2-3,8,12,18H,4-7,9,17H2,1H3,(H,19,20,21);2*1H. The van der Waals surface area contributed by atoms with E-state index in [4.69, 9.17) is 22.1 Å². The molecule has 1 aromatic carbocycles. The van der Waals surface area contributed by atoms with Gasteiger partial charge in [0, 0.05) is 30.2 Å². The van der Waals surface area contributed by atoms with Crippen molar-refractivity contribution in [2.24, 2.45) is 5.73 Å².